The van der Waals surface area contributed by atoms with E-state index >= 15 is 0 Å². The Kier molecular flexibility index (Phi) is 2.95. The van der Waals surface area contributed by atoms with Crippen LogP contribution in [0.2, 0.25) is 0 Å². The fourth-order valence-electron chi connectivity index (χ4n) is 2.28. The van der Waals surface area contributed by atoms with Crippen molar-refractivity contribution < 1.29 is 19.2 Å². The molecule has 1 aromatic carbocycles. The summed E-state index contributed by atoms with van der Waals surface area (Å²) in [6.45, 7) is 6.38. The molecular weight excluding hydrogens is 232 g/mol. The first kappa shape index (κ1) is 11.9. The van der Waals surface area contributed by atoms with Crippen molar-refractivity contribution in [3.05, 3.63) is 48.0 Å². The van der Waals surface area contributed by atoms with Crippen molar-refractivity contribution >= 4 is 0 Å². The van der Waals surface area contributed by atoms with Gasteiger partial charge in [0.05, 0.1) is 12.7 Å². The normalized spacial score (nSPS) is 35.2. The van der Waals surface area contributed by atoms with Gasteiger partial charge in [-0.15, -0.1) is 0 Å². The molecule has 18 heavy (non-hydrogen) atoms. The van der Waals surface area contributed by atoms with Crippen LogP contribution in [0.5, 0.6) is 0 Å². The van der Waals surface area contributed by atoms with E-state index in [4.69, 9.17) is 19.2 Å². The molecule has 0 saturated carbocycles. The summed E-state index contributed by atoms with van der Waals surface area (Å²) in [5, 5.41) is 0. The Morgan fingerprint density at radius 1 is 1.33 bits per heavy atom. The second kappa shape index (κ2) is 4.48. The lowest BCUT2D eigenvalue weighted by Gasteiger charge is -2.46. The molecule has 0 aliphatic carbocycles. The summed E-state index contributed by atoms with van der Waals surface area (Å²) in [6, 6.07) is 9.55. The van der Waals surface area contributed by atoms with Crippen LogP contribution in [0.1, 0.15) is 18.9 Å². The van der Waals surface area contributed by atoms with Crippen LogP contribution in [0.4, 0.5) is 0 Å². The molecule has 4 heteroatoms. The number of benzene rings is 1. The predicted octanol–water partition coefficient (Wildman–Crippen LogP) is 2.51. The lowest BCUT2D eigenvalue weighted by atomic mass is 10.0. The number of rotatable bonds is 2. The molecule has 0 radical (unpaired) electrons. The first-order chi connectivity index (χ1) is 8.71. The summed E-state index contributed by atoms with van der Waals surface area (Å²) >= 11 is 0. The van der Waals surface area contributed by atoms with Crippen LogP contribution in [0.25, 0.3) is 0 Å². The molecule has 0 amide bonds. The minimum Gasteiger partial charge on any atom is -0.322 e. The minimum absolute atomic E-state index is 0.0785. The quantitative estimate of drug-likeness (QED) is 0.595. The van der Waals surface area contributed by atoms with Crippen LogP contribution in [0, 0.1) is 0 Å². The largest absolute Gasteiger partial charge is 0.340 e. The van der Waals surface area contributed by atoms with Gasteiger partial charge < -0.3 is 9.47 Å². The highest BCUT2D eigenvalue weighted by atomic mass is 17.3. The number of fused-ring (bicyclic) bond motifs is 2. The van der Waals surface area contributed by atoms with Gasteiger partial charge in [0.1, 0.15) is 6.10 Å². The Morgan fingerprint density at radius 2 is 2.11 bits per heavy atom. The third-order valence-electron chi connectivity index (χ3n) is 3.21. The van der Waals surface area contributed by atoms with Crippen molar-refractivity contribution in [1.29, 1.82) is 0 Å². The number of ether oxygens (including phenoxy) is 2. The average molecular weight is 248 g/mol. The fourth-order valence-corrected chi connectivity index (χ4v) is 2.28. The number of hydrogen-bond donors (Lipinski definition) is 0. The van der Waals surface area contributed by atoms with E-state index in [1.54, 1.807) is 0 Å². The van der Waals surface area contributed by atoms with E-state index in [0.29, 0.717) is 6.61 Å². The summed E-state index contributed by atoms with van der Waals surface area (Å²) < 4.78 is 11.6. The van der Waals surface area contributed by atoms with Gasteiger partial charge in [-0.3, -0.25) is 0 Å². The summed E-state index contributed by atoms with van der Waals surface area (Å²) in [5.41, 5.74) is 1.69. The van der Waals surface area contributed by atoms with Gasteiger partial charge in [0.2, 0.25) is 0 Å². The van der Waals surface area contributed by atoms with Crippen molar-refractivity contribution in [3.8, 4) is 0 Å². The molecule has 0 spiro atoms. The molecule has 2 saturated heterocycles. The maximum Gasteiger partial charge on any atom is 0.340 e. The monoisotopic (exact) mass is 248 g/mol. The zero-order valence-electron chi connectivity index (χ0n) is 10.3. The molecule has 2 fully saturated rings. The summed E-state index contributed by atoms with van der Waals surface area (Å²) in [4.78, 5) is 10.8. The number of hydrogen-bond acceptors (Lipinski definition) is 4. The Bertz CT molecular complexity index is 444. The smallest absolute Gasteiger partial charge is 0.322 e. The molecule has 0 unspecified atom stereocenters. The summed E-state index contributed by atoms with van der Waals surface area (Å²) in [7, 11) is 0. The molecule has 2 heterocycles. The molecule has 1 aromatic rings. The molecular formula is C14H16O4. The second-order valence-corrected chi connectivity index (χ2v) is 4.66. The molecule has 4 nitrogen and oxygen atoms in total. The average Bonchev–Trinajstić information content (AvgIpc) is 2.40. The Labute approximate surface area is 106 Å². The SMILES string of the molecule is C=C(C)[C@H]1OO[C@]2(c3ccccc3)OCC[C@H]1O2. The van der Waals surface area contributed by atoms with Crippen molar-refractivity contribution in [2.45, 2.75) is 31.5 Å². The Hall–Kier alpha value is -1.20. The van der Waals surface area contributed by atoms with E-state index in [1.807, 2.05) is 37.3 Å². The molecule has 2 aliphatic heterocycles. The van der Waals surface area contributed by atoms with Crippen molar-refractivity contribution in [2.24, 2.45) is 0 Å². The van der Waals surface area contributed by atoms with Gasteiger partial charge in [0.25, 0.3) is 0 Å². The highest BCUT2D eigenvalue weighted by molar-refractivity contribution is 5.19. The van der Waals surface area contributed by atoms with Crippen LogP contribution >= 0.6 is 0 Å². The van der Waals surface area contributed by atoms with Crippen molar-refractivity contribution in [3.63, 3.8) is 0 Å². The zero-order valence-corrected chi connectivity index (χ0v) is 10.3. The van der Waals surface area contributed by atoms with Crippen LogP contribution in [0.3, 0.4) is 0 Å². The predicted molar refractivity (Wildman–Crippen MR) is 64.3 cm³/mol. The van der Waals surface area contributed by atoms with Crippen molar-refractivity contribution in [2.75, 3.05) is 6.61 Å². The van der Waals surface area contributed by atoms with E-state index in [0.717, 1.165) is 17.6 Å². The summed E-state index contributed by atoms with van der Waals surface area (Å²) in [5.74, 6) is -1.23. The Balaban J connectivity index is 1.89. The van der Waals surface area contributed by atoms with Crippen LogP contribution in [-0.4, -0.2) is 18.8 Å². The van der Waals surface area contributed by atoms with Crippen LogP contribution in [-0.2, 0) is 25.2 Å². The fraction of sp³-hybridized carbons (Fsp3) is 0.429. The van der Waals surface area contributed by atoms with Gasteiger partial charge in [0, 0.05) is 12.0 Å². The van der Waals surface area contributed by atoms with Gasteiger partial charge in [-0.2, -0.15) is 4.89 Å². The topological polar surface area (TPSA) is 36.9 Å². The van der Waals surface area contributed by atoms with Crippen LogP contribution < -0.4 is 0 Å². The zero-order chi connectivity index (χ0) is 12.6. The lowest BCUT2D eigenvalue weighted by molar-refractivity contribution is -0.585. The second-order valence-electron chi connectivity index (χ2n) is 4.66. The molecule has 3 rings (SSSR count). The van der Waals surface area contributed by atoms with Crippen molar-refractivity contribution in [1.82, 2.24) is 0 Å². The molecule has 0 N–H and O–H groups in total. The molecule has 96 valence electrons. The first-order valence-electron chi connectivity index (χ1n) is 6.08. The van der Waals surface area contributed by atoms with Gasteiger partial charge in [-0.25, -0.2) is 4.89 Å². The highest BCUT2D eigenvalue weighted by Gasteiger charge is 2.50. The molecule has 2 aliphatic rings. The van der Waals surface area contributed by atoms with E-state index in [-0.39, 0.29) is 12.2 Å². The maximum atomic E-state index is 5.94. The highest BCUT2D eigenvalue weighted by Crippen LogP contribution is 2.41. The van der Waals surface area contributed by atoms with Gasteiger partial charge in [-0.05, 0) is 12.5 Å². The van der Waals surface area contributed by atoms with E-state index in [1.165, 1.54) is 0 Å². The minimum atomic E-state index is -1.23. The Morgan fingerprint density at radius 3 is 2.83 bits per heavy atom. The molecule has 3 atom stereocenters. The van der Waals surface area contributed by atoms with E-state index in [2.05, 4.69) is 6.58 Å². The van der Waals surface area contributed by atoms with Gasteiger partial charge >= 0.3 is 5.97 Å². The van der Waals surface area contributed by atoms with Crippen LogP contribution in [0.15, 0.2) is 42.5 Å². The summed E-state index contributed by atoms with van der Waals surface area (Å²) in [6.07, 6.45) is 0.464. The first-order valence-corrected chi connectivity index (χ1v) is 6.08. The maximum absolute atomic E-state index is 5.94. The van der Waals surface area contributed by atoms with E-state index in [9.17, 15) is 0 Å². The standard InChI is InChI=1S/C14H16O4/c1-10(2)13-12-8-9-15-14(16-12,18-17-13)11-6-4-3-5-7-11/h3-7,12-13H,1,8-9H2,2H3/t12-,13-,14-/m1/s1. The molecule has 2 bridgehead atoms. The molecule has 0 aromatic heterocycles. The van der Waals surface area contributed by atoms with E-state index < -0.39 is 5.97 Å². The lowest BCUT2D eigenvalue weighted by Crippen LogP contribution is -2.54. The van der Waals surface area contributed by atoms with Gasteiger partial charge in [0.15, 0.2) is 0 Å². The third kappa shape index (κ3) is 1.87. The third-order valence-corrected chi connectivity index (χ3v) is 3.21. The van der Waals surface area contributed by atoms with Gasteiger partial charge in [-0.1, -0.05) is 36.9 Å².